The van der Waals surface area contributed by atoms with Crippen LogP contribution in [0.2, 0.25) is 0 Å². The number of benzene rings is 1. The highest BCUT2D eigenvalue weighted by Gasteiger charge is 2.28. The molecule has 0 spiro atoms. The molecule has 0 atom stereocenters. The average molecular weight is 265 g/mol. The van der Waals surface area contributed by atoms with E-state index in [-0.39, 0.29) is 6.54 Å². The van der Waals surface area contributed by atoms with Crippen molar-refractivity contribution >= 4 is 0 Å². The van der Waals surface area contributed by atoms with Gasteiger partial charge in [-0.15, -0.1) is 0 Å². The first-order valence-corrected chi connectivity index (χ1v) is 5.39. The maximum atomic E-state index is 13.0. The summed E-state index contributed by atoms with van der Waals surface area (Å²) in [6.45, 7) is -0.802. The van der Waals surface area contributed by atoms with Gasteiger partial charge in [-0.25, -0.2) is 4.39 Å². The molecule has 0 saturated heterocycles. The molecule has 0 N–H and O–H groups in total. The Kier molecular flexibility index (Phi) is 4.95. The Labute approximate surface area is 103 Å². The van der Waals surface area contributed by atoms with Gasteiger partial charge in [-0.1, -0.05) is 0 Å². The summed E-state index contributed by atoms with van der Waals surface area (Å²) in [6.07, 6.45) is -3.92. The highest BCUT2D eigenvalue weighted by molar-refractivity contribution is 5.34. The molecule has 18 heavy (non-hydrogen) atoms. The van der Waals surface area contributed by atoms with Crippen molar-refractivity contribution in [2.24, 2.45) is 0 Å². The predicted octanol–water partition coefficient (Wildman–Crippen LogP) is 2.87. The van der Waals surface area contributed by atoms with Crippen LogP contribution in [0.15, 0.2) is 18.2 Å². The minimum absolute atomic E-state index is 0.180. The number of hydrogen-bond acceptors (Lipinski definition) is 2. The van der Waals surface area contributed by atoms with Crippen molar-refractivity contribution in [1.29, 1.82) is 0 Å². The second-order valence-electron chi connectivity index (χ2n) is 4.06. The molecule has 1 rings (SSSR count). The summed E-state index contributed by atoms with van der Waals surface area (Å²) in [6, 6.07) is 4.00. The monoisotopic (exact) mass is 265 g/mol. The van der Waals surface area contributed by atoms with E-state index in [4.69, 9.17) is 4.74 Å². The van der Waals surface area contributed by atoms with Gasteiger partial charge in [0, 0.05) is 6.54 Å². The predicted molar refractivity (Wildman–Crippen MR) is 60.2 cm³/mol. The third-order valence-electron chi connectivity index (χ3n) is 2.45. The molecule has 0 bridgehead atoms. The van der Waals surface area contributed by atoms with Crippen molar-refractivity contribution in [2.45, 2.75) is 12.6 Å². The minimum Gasteiger partial charge on any atom is -0.496 e. The van der Waals surface area contributed by atoms with Gasteiger partial charge in [0.25, 0.3) is 0 Å². The molecule has 0 amide bonds. The van der Waals surface area contributed by atoms with Gasteiger partial charge in [-0.3, -0.25) is 4.90 Å². The van der Waals surface area contributed by atoms with Crippen molar-refractivity contribution in [1.82, 2.24) is 4.90 Å². The molecule has 0 aliphatic heterocycles. The zero-order chi connectivity index (χ0) is 13.8. The fourth-order valence-corrected chi connectivity index (χ4v) is 1.64. The van der Waals surface area contributed by atoms with Crippen molar-refractivity contribution in [3.8, 4) is 5.75 Å². The number of rotatable bonds is 5. The van der Waals surface area contributed by atoms with Crippen LogP contribution < -0.4 is 4.74 Å². The van der Waals surface area contributed by atoms with Crippen LogP contribution in [0, 0.1) is 5.82 Å². The number of nitrogens with zero attached hydrogens (tertiary/aromatic N) is 1. The summed E-state index contributed by atoms with van der Waals surface area (Å²) < 4.78 is 54.4. The van der Waals surface area contributed by atoms with Crippen LogP contribution in [0.4, 0.5) is 17.6 Å². The van der Waals surface area contributed by atoms with Crippen molar-refractivity contribution in [3.05, 3.63) is 29.6 Å². The van der Waals surface area contributed by atoms with E-state index in [0.29, 0.717) is 17.7 Å². The van der Waals surface area contributed by atoms with E-state index in [1.54, 1.807) is 0 Å². The van der Waals surface area contributed by atoms with E-state index in [1.807, 2.05) is 0 Å². The lowest BCUT2D eigenvalue weighted by atomic mass is 10.1. The standard InChI is InChI=1S/C12H15F4NO/c1-17(8-12(14,15)16)6-5-9-7-10(13)3-4-11(9)18-2/h3-4,7H,5-6,8H2,1-2H3. The molecule has 0 radical (unpaired) electrons. The summed E-state index contributed by atoms with van der Waals surface area (Å²) in [7, 11) is 2.81. The number of hydrogen-bond donors (Lipinski definition) is 0. The van der Waals surface area contributed by atoms with Crippen LogP contribution in [-0.2, 0) is 6.42 Å². The fourth-order valence-electron chi connectivity index (χ4n) is 1.64. The quantitative estimate of drug-likeness (QED) is 0.759. The van der Waals surface area contributed by atoms with E-state index in [0.717, 1.165) is 4.90 Å². The van der Waals surface area contributed by atoms with E-state index < -0.39 is 18.5 Å². The normalized spacial score (nSPS) is 11.9. The van der Waals surface area contributed by atoms with Crippen molar-refractivity contribution in [3.63, 3.8) is 0 Å². The second kappa shape index (κ2) is 6.04. The lowest BCUT2D eigenvalue weighted by Crippen LogP contribution is -2.32. The fraction of sp³-hybridized carbons (Fsp3) is 0.500. The Hall–Kier alpha value is -1.30. The summed E-state index contributed by atoms with van der Waals surface area (Å²) in [5, 5.41) is 0. The first kappa shape index (κ1) is 14.8. The summed E-state index contributed by atoms with van der Waals surface area (Å²) in [5.41, 5.74) is 0.562. The first-order chi connectivity index (χ1) is 8.31. The van der Waals surface area contributed by atoms with Gasteiger partial charge in [0.2, 0.25) is 0 Å². The molecule has 0 aliphatic carbocycles. The third kappa shape index (κ3) is 4.91. The molecular formula is C12H15F4NO. The van der Waals surface area contributed by atoms with Crippen LogP contribution in [0.1, 0.15) is 5.56 Å². The zero-order valence-electron chi connectivity index (χ0n) is 10.2. The Bertz CT molecular complexity index is 392. The zero-order valence-corrected chi connectivity index (χ0v) is 10.2. The van der Waals surface area contributed by atoms with Gasteiger partial charge in [0.1, 0.15) is 11.6 Å². The van der Waals surface area contributed by atoms with E-state index in [1.165, 1.54) is 32.4 Å². The van der Waals surface area contributed by atoms with Crippen molar-refractivity contribution < 1.29 is 22.3 Å². The van der Waals surface area contributed by atoms with Crippen LogP contribution in [0.5, 0.6) is 5.75 Å². The first-order valence-electron chi connectivity index (χ1n) is 5.39. The van der Waals surface area contributed by atoms with Crippen LogP contribution >= 0.6 is 0 Å². The molecule has 0 fully saturated rings. The lowest BCUT2D eigenvalue weighted by Gasteiger charge is -2.19. The maximum Gasteiger partial charge on any atom is 0.401 e. The molecule has 0 heterocycles. The Morgan fingerprint density at radius 3 is 2.50 bits per heavy atom. The SMILES string of the molecule is COc1ccc(F)cc1CCN(C)CC(F)(F)F. The average Bonchev–Trinajstić information content (AvgIpc) is 2.24. The smallest absolute Gasteiger partial charge is 0.401 e. The van der Waals surface area contributed by atoms with Crippen molar-refractivity contribution in [2.75, 3.05) is 27.2 Å². The number of halogens is 4. The molecule has 1 aromatic rings. The van der Waals surface area contributed by atoms with Gasteiger partial charge in [-0.05, 0) is 37.2 Å². The summed E-state index contributed by atoms with van der Waals surface area (Å²) >= 11 is 0. The highest BCUT2D eigenvalue weighted by Crippen LogP contribution is 2.21. The summed E-state index contributed by atoms with van der Waals surface area (Å²) in [4.78, 5) is 1.14. The van der Waals surface area contributed by atoms with E-state index in [2.05, 4.69) is 0 Å². The van der Waals surface area contributed by atoms with Crippen LogP contribution in [0.3, 0.4) is 0 Å². The van der Waals surface area contributed by atoms with Crippen LogP contribution in [-0.4, -0.2) is 38.3 Å². The molecule has 1 aromatic carbocycles. The number of ether oxygens (including phenoxy) is 1. The highest BCUT2D eigenvalue weighted by atomic mass is 19.4. The minimum atomic E-state index is -4.22. The number of methoxy groups -OCH3 is 1. The van der Waals surface area contributed by atoms with E-state index >= 15 is 0 Å². The van der Waals surface area contributed by atoms with Gasteiger partial charge in [0.05, 0.1) is 13.7 Å². The molecule has 0 saturated carbocycles. The van der Waals surface area contributed by atoms with Gasteiger partial charge in [-0.2, -0.15) is 13.2 Å². The Balaban J connectivity index is 2.60. The Morgan fingerprint density at radius 2 is 1.94 bits per heavy atom. The summed E-state index contributed by atoms with van der Waals surface area (Å²) in [5.74, 6) is 0.0566. The number of likely N-dealkylation sites (N-methyl/N-ethyl adjacent to an activating group) is 1. The molecule has 6 heteroatoms. The number of alkyl halides is 3. The molecule has 0 aromatic heterocycles. The molecule has 2 nitrogen and oxygen atoms in total. The topological polar surface area (TPSA) is 12.5 Å². The molecule has 102 valence electrons. The molecule has 0 aliphatic rings. The Morgan fingerprint density at radius 1 is 1.28 bits per heavy atom. The maximum absolute atomic E-state index is 13.0. The third-order valence-corrected chi connectivity index (χ3v) is 2.45. The van der Waals surface area contributed by atoms with E-state index in [9.17, 15) is 17.6 Å². The van der Waals surface area contributed by atoms with Gasteiger partial charge >= 0.3 is 6.18 Å². The van der Waals surface area contributed by atoms with Gasteiger partial charge < -0.3 is 4.74 Å². The lowest BCUT2D eigenvalue weighted by molar-refractivity contribution is -0.142. The van der Waals surface area contributed by atoms with Gasteiger partial charge in [0.15, 0.2) is 0 Å². The largest absolute Gasteiger partial charge is 0.496 e. The van der Waals surface area contributed by atoms with Crippen LogP contribution in [0.25, 0.3) is 0 Å². The second-order valence-corrected chi connectivity index (χ2v) is 4.06. The molecular weight excluding hydrogens is 250 g/mol. The molecule has 0 unspecified atom stereocenters.